The normalized spacial score (nSPS) is 13.0. The molecule has 2 atom stereocenters. The highest BCUT2D eigenvalue weighted by Gasteiger charge is 2.18. The zero-order chi connectivity index (χ0) is 27.0. The second-order valence-electron chi connectivity index (χ2n) is 8.94. The van der Waals surface area contributed by atoms with Gasteiger partial charge in [0, 0.05) is 23.9 Å². The summed E-state index contributed by atoms with van der Waals surface area (Å²) >= 11 is 1.69. The average Bonchev–Trinajstić information content (AvgIpc) is 3.43. The van der Waals surface area contributed by atoms with E-state index in [1.54, 1.807) is 36.6 Å². The number of methoxy groups -OCH3 is 1. The van der Waals surface area contributed by atoms with Crippen molar-refractivity contribution in [2.75, 3.05) is 24.6 Å². The Morgan fingerprint density at radius 2 is 1.68 bits per heavy atom. The van der Waals surface area contributed by atoms with Gasteiger partial charge in [-0.3, -0.25) is 4.72 Å². The molecule has 9 heteroatoms. The number of sulfonamides is 1. The molecule has 1 unspecified atom stereocenters. The molecular weight excluding hydrogens is 520 g/mol. The Morgan fingerprint density at radius 1 is 0.947 bits per heavy atom. The minimum absolute atomic E-state index is 0.0312. The van der Waals surface area contributed by atoms with Crippen LogP contribution in [0.1, 0.15) is 33.7 Å². The Labute approximate surface area is 228 Å². The predicted octanol–water partition coefficient (Wildman–Crippen LogP) is 5.31. The topological polar surface area (TPSA) is 96.9 Å². The minimum Gasteiger partial charge on any atom is -0.497 e. The molecule has 3 N–H and O–H groups in total. The molecule has 3 aromatic carbocycles. The maximum absolute atomic E-state index is 12.0. The van der Waals surface area contributed by atoms with Gasteiger partial charge in [0.05, 0.1) is 25.2 Å². The van der Waals surface area contributed by atoms with Crippen LogP contribution in [0.5, 0.6) is 11.5 Å². The molecule has 0 fully saturated rings. The Hall–Kier alpha value is -3.37. The number of aliphatic hydroxyl groups is 1. The standard InChI is InChI=1S/C29H32N2O5S2/c1-35-24-13-10-22(11-14-24)26(18-25-9-6-16-37-25)30-19-28(32)23-12-15-29(27(17-23)31-38(2,33)34)36-20-21-7-4-3-5-8-21/h3-17,26,28,30-32H,18-20H2,1-2H3/t26?,28-/m0/s1. The van der Waals surface area contributed by atoms with Crippen molar-refractivity contribution in [3.8, 4) is 11.5 Å². The third-order valence-electron chi connectivity index (χ3n) is 5.98. The van der Waals surface area contributed by atoms with Crippen molar-refractivity contribution in [2.45, 2.75) is 25.2 Å². The number of nitrogens with one attached hydrogen (secondary N) is 2. The zero-order valence-corrected chi connectivity index (χ0v) is 23.0. The SMILES string of the molecule is COc1ccc(C(Cc2cccs2)NC[C@H](O)c2ccc(OCc3ccccc3)c(NS(C)(=O)=O)c2)cc1. The molecule has 0 saturated carbocycles. The Kier molecular flexibility index (Phi) is 9.41. The fraction of sp³-hybridized carbons (Fsp3) is 0.241. The van der Waals surface area contributed by atoms with Crippen LogP contribution >= 0.6 is 11.3 Å². The second-order valence-corrected chi connectivity index (χ2v) is 11.7. The highest BCUT2D eigenvalue weighted by atomic mass is 32.2. The second kappa shape index (κ2) is 12.9. The Morgan fingerprint density at radius 3 is 2.34 bits per heavy atom. The molecule has 1 heterocycles. The third kappa shape index (κ3) is 8.06. The monoisotopic (exact) mass is 552 g/mol. The van der Waals surface area contributed by atoms with Gasteiger partial charge in [-0.2, -0.15) is 0 Å². The zero-order valence-electron chi connectivity index (χ0n) is 21.3. The van der Waals surface area contributed by atoms with Gasteiger partial charge in [0.1, 0.15) is 18.1 Å². The molecule has 0 bridgehead atoms. The first-order valence-corrected chi connectivity index (χ1v) is 14.9. The van der Waals surface area contributed by atoms with Crippen LogP contribution in [0.4, 0.5) is 5.69 Å². The minimum atomic E-state index is -3.56. The molecule has 0 saturated heterocycles. The van der Waals surface area contributed by atoms with Gasteiger partial charge in [0.25, 0.3) is 0 Å². The number of rotatable bonds is 13. The molecule has 7 nitrogen and oxygen atoms in total. The lowest BCUT2D eigenvalue weighted by Gasteiger charge is -2.22. The first kappa shape index (κ1) is 27.7. The van der Waals surface area contributed by atoms with E-state index in [0.29, 0.717) is 11.3 Å². The fourth-order valence-electron chi connectivity index (χ4n) is 4.04. The van der Waals surface area contributed by atoms with Crippen molar-refractivity contribution in [1.29, 1.82) is 0 Å². The molecule has 1 aromatic heterocycles. The number of hydrogen-bond donors (Lipinski definition) is 3. The van der Waals surface area contributed by atoms with Gasteiger partial charge in [-0.1, -0.05) is 54.6 Å². The van der Waals surface area contributed by atoms with E-state index in [1.807, 2.05) is 66.0 Å². The van der Waals surface area contributed by atoms with Crippen LogP contribution in [0.15, 0.2) is 90.3 Å². The molecule has 4 aromatic rings. The fourth-order valence-corrected chi connectivity index (χ4v) is 5.35. The van der Waals surface area contributed by atoms with Crippen LogP contribution < -0.4 is 19.5 Å². The molecule has 38 heavy (non-hydrogen) atoms. The van der Waals surface area contributed by atoms with E-state index in [2.05, 4.69) is 16.1 Å². The average molecular weight is 553 g/mol. The number of anilines is 1. The summed E-state index contributed by atoms with van der Waals surface area (Å²) in [6.45, 7) is 0.555. The molecule has 0 aliphatic rings. The summed E-state index contributed by atoms with van der Waals surface area (Å²) in [5.74, 6) is 1.17. The van der Waals surface area contributed by atoms with E-state index < -0.39 is 16.1 Å². The van der Waals surface area contributed by atoms with E-state index in [1.165, 1.54) is 4.88 Å². The highest BCUT2D eigenvalue weighted by Crippen LogP contribution is 2.31. The van der Waals surface area contributed by atoms with E-state index in [0.717, 1.165) is 29.6 Å². The maximum atomic E-state index is 12.0. The van der Waals surface area contributed by atoms with E-state index in [-0.39, 0.29) is 24.9 Å². The summed E-state index contributed by atoms with van der Waals surface area (Å²) in [5, 5.41) is 16.6. The van der Waals surface area contributed by atoms with Gasteiger partial charge in [-0.05, 0) is 52.4 Å². The summed E-state index contributed by atoms with van der Waals surface area (Å²) in [6, 6.07) is 26.6. The molecule has 0 amide bonds. The van der Waals surface area contributed by atoms with Crippen molar-refractivity contribution in [2.24, 2.45) is 0 Å². The number of thiophene rings is 1. The first-order chi connectivity index (χ1) is 18.3. The third-order valence-corrected chi connectivity index (χ3v) is 7.47. The smallest absolute Gasteiger partial charge is 0.229 e. The maximum Gasteiger partial charge on any atom is 0.229 e. The molecule has 0 aliphatic carbocycles. The summed E-state index contributed by atoms with van der Waals surface area (Å²) in [7, 11) is -1.92. The van der Waals surface area contributed by atoms with Crippen molar-refractivity contribution < 1.29 is 23.0 Å². The van der Waals surface area contributed by atoms with E-state index in [9.17, 15) is 13.5 Å². The quantitative estimate of drug-likeness (QED) is 0.208. The van der Waals surface area contributed by atoms with Crippen molar-refractivity contribution in [3.05, 3.63) is 112 Å². The lowest BCUT2D eigenvalue weighted by molar-refractivity contribution is 0.169. The van der Waals surface area contributed by atoms with Crippen LogP contribution in [0.25, 0.3) is 0 Å². The van der Waals surface area contributed by atoms with Gasteiger partial charge >= 0.3 is 0 Å². The molecule has 0 spiro atoms. The number of aliphatic hydroxyl groups excluding tert-OH is 1. The Bertz CT molecular complexity index is 1390. The summed E-state index contributed by atoms with van der Waals surface area (Å²) in [6.07, 6.45) is 0.981. The number of benzene rings is 3. The highest BCUT2D eigenvalue weighted by molar-refractivity contribution is 7.92. The largest absolute Gasteiger partial charge is 0.497 e. The van der Waals surface area contributed by atoms with Gasteiger partial charge in [-0.25, -0.2) is 8.42 Å². The number of hydrogen-bond acceptors (Lipinski definition) is 7. The summed E-state index contributed by atoms with van der Waals surface area (Å²) in [5.41, 5.74) is 2.89. The van der Waals surface area contributed by atoms with Gasteiger partial charge < -0.3 is 19.9 Å². The van der Waals surface area contributed by atoms with E-state index in [4.69, 9.17) is 9.47 Å². The predicted molar refractivity (Wildman–Crippen MR) is 152 cm³/mol. The summed E-state index contributed by atoms with van der Waals surface area (Å²) < 4.78 is 37.8. The van der Waals surface area contributed by atoms with Crippen molar-refractivity contribution >= 4 is 27.0 Å². The molecule has 200 valence electrons. The molecule has 0 aliphatic heterocycles. The lowest BCUT2D eigenvalue weighted by Crippen LogP contribution is -2.28. The van der Waals surface area contributed by atoms with E-state index >= 15 is 0 Å². The molecule has 0 radical (unpaired) electrons. The van der Waals surface area contributed by atoms with Crippen LogP contribution in [0.3, 0.4) is 0 Å². The lowest BCUT2D eigenvalue weighted by atomic mass is 10.0. The van der Waals surface area contributed by atoms with Gasteiger partial charge in [0.2, 0.25) is 10.0 Å². The Balaban J connectivity index is 1.49. The van der Waals surface area contributed by atoms with Gasteiger partial charge in [0.15, 0.2) is 0 Å². The van der Waals surface area contributed by atoms with Crippen molar-refractivity contribution in [3.63, 3.8) is 0 Å². The van der Waals surface area contributed by atoms with Crippen LogP contribution in [0.2, 0.25) is 0 Å². The summed E-state index contributed by atoms with van der Waals surface area (Å²) in [4.78, 5) is 1.23. The van der Waals surface area contributed by atoms with Crippen LogP contribution in [-0.2, 0) is 23.1 Å². The van der Waals surface area contributed by atoms with Gasteiger partial charge in [-0.15, -0.1) is 11.3 Å². The van der Waals surface area contributed by atoms with Crippen molar-refractivity contribution in [1.82, 2.24) is 5.32 Å². The van der Waals surface area contributed by atoms with Crippen LogP contribution in [0, 0.1) is 0 Å². The van der Waals surface area contributed by atoms with Crippen LogP contribution in [-0.4, -0.2) is 33.4 Å². The molecule has 4 rings (SSSR count). The first-order valence-electron chi connectivity index (χ1n) is 12.2. The number of ether oxygens (including phenoxy) is 2. The molecular formula is C29H32N2O5S2.